The van der Waals surface area contributed by atoms with Gasteiger partial charge >= 0.3 is 5.97 Å². The summed E-state index contributed by atoms with van der Waals surface area (Å²) in [5.74, 6) is -0.912. The molecule has 0 spiro atoms. The Labute approximate surface area is 212 Å². The van der Waals surface area contributed by atoms with E-state index >= 15 is 0 Å². The molecule has 36 heavy (non-hydrogen) atoms. The quantitative estimate of drug-likeness (QED) is 0.314. The molecule has 0 bridgehead atoms. The van der Waals surface area contributed by atoms with E-state index in [0.29, 0.717) is 17.3 Å². The molecule has 1 aromatic heterocycles. The third kappa shape index (κ3) is 6.67. The topological polar surface area (TPSA) is 107 Å². The maximum absolute atomic E-state index is 12.9. The second-order valence-electron chi connectivity index (χ2n) is 7.82. The summed E-state index contributed by atoms with van der Waals surface area (Å²) in [5, 5.41) is 5.76. The summed E-state index contributed by atoms with van der Waals surface area (Å²) in [4.78, 5) is 42.4. The predicted molar refractivity (Wildman–Crippen MR) is 138 cm³/mol. The van der Waals surface area contributed by atoms with Gasteiger partial charge in [0.05, 0.1) is 16.8 Å². The molecule has 1 atom stereocenters. The lowest BCUT2D eigenvalue weighted by Crippen LogP contribution is -2.44. The molecule has 2 N–H and O–H groups in total. The van der Waals surface area contributed by atoms with Gasteiger partial charge < -0.3 is 14.8 Å². The van der Waals surface area contributed by atoms with Gasteiger partial charge in [-0.2, -0.15) is 0 Å². The van der Waals surface area contributed by atoms with Crippen molar-refractivity contribution < 1.29 is 23.9 Å². The molecular weight excluding hydrogens is 478 g/mol. The van der Waals surface area contributed by atoms with Crippen molar-refractivity contribution in [1.29, 1.82) is 0 Å². The van der Waals surface area contributed by atoms with Crippen molar-refractivity contribution in [2.45, 2.75) is 19.4 Å². The lowest BCUT2D eigenvalue weighted by Gasteiger charge is -2.18. The van der Waals surface area contributed by atoms with Crippen LogP contribution in [0.3, 0.4) is 0 Å². The zero-order valence-corrected chi connectivity index (χ0v) is 20.4. The second-order valence-corrected chi connectivity index (χ2v) is 8.85. The summed E-state index contributed by atoms with van der Waals surface area (Å²) in [7, 11) is 0. The lowest BCUT2D eigenvalue weighted by molar-refractivity contribution is -0.149. The highest BCUT2D eigenvalue weighted by Crippen LogP contribution is 2.29. The number of aromatic nitrogens is 1. The largest absolute Gasteiger partial charge is 0.494 e. The Morgan fingerprint density at radius 3 is 2.42 bits per heavy atom. The van der Waals surface area contributed by atoms with E-state index in [1.54, 1.807) is 30.3 Å². The first-order valence-electron chi connectivity index (χ1n) is 11.4. The molecule has 4 rings (SSSR count). The molecule has 184 valence electrons. The standard InChI is InChI=1S/C27H25N3O5S/c1-2-34-20-13-14-21-23(16-20)36-27(29-21)30-24(31)17-35-26(33)22(15-18-9-5-3-6-10-18)28-25(32)19-11-7-4-8-12-19/h3-14,16,22H,2,15,17H2,1H3,(H,28,32)(H,29,30,31). The van der Waals surface area contributed by atoms with Crippen molar-refractivity contribution in [2.75, 3.05) is 18.5 Å². The van der Waals surface area contributed by atoms with E-state index < -0.39 is 30.4 Å². The van der Waals surface area contributed by atoms with E-state index in [2.05, 4.69) is 15.6 Å². The van der Waals surface area contributed by atoms with Gasteiger partial charge in [0, 0.05) is 12.0 Å². The van der Waals surface area contributed by atoms with Gasteiger partial charge in [-0.1, -0.05) is 59.9 Å². The predicted octanol–water partition coefficient (Wildman–Crippen LogP) is 4.22. The molecule has 2 amide bonds. The van der Waals surface area contributed by atoms with Crippen LogP contribution >= 0.6 is 11.3 Å². The molecular formula is C27H25N3O5S. The average molecular weight is 504 g/mol. The summed E-state index contributed by atoms with van der Waals surface area (Å²) >= 11 is 1.29. The van der Waals surface area contributed by atoms with Crippen molar-refractivity contribution in [3.05, 3.63) is 90.0 Å². The van der Waals surface area contributed by atoms with Crippen LogP contribution in [0, 0.1) is 0 Å². The number of hydrogen-bond donors (Lipinski definition) is 2. The molecule has 0 radical (unpaired) electrons. The number of hydrogen-bond acceptors (Lipinski definition) is 7. The molecule has 0 aliphatic heterocycles. The van der Waals surface area contributed by atoms with Gasteiger partial charge in [-0.15, -0.1) is 0 Å². The normalized spacial score (nSPS) is 11.5. The van der Waals surface area contributed by atoms with E-state index in [0.717, 1.165) is 21.5 Å². The summed E-state index contributed by atoms with van der Waals surface area (Å²) < 4.78 is 11.6. The van der Waals surface area contributed by atoms with Gasteiger partial charge in [0.1, 0.15) is 11.8 Å². The fraction of sp³-hybridized carbons (Fsp3) is 0.185. The number of anilines is 1. The SMILES string of the molecule is CCOc1ccc2nc(NC(=O)COC(=O)C(Cc3ccccc3)NC(=O)c3ccccc3)sc2c1. The van der Waals surface area contributed by atoms with Crippen molar-refractivity contribution >= 4 is 44.5 Å². The van der Waals surface area contributed by atoms with Crippen molar-refractivity contribution in [2.24, 2.45) is 0 Å². The van der Waals surface area contributed by atoms with Crippen LogP contribution in [-0.2, 0) is 20.7 Å². The van der Waals surface area contributed by atoms with E-state index in [1.165, 1.54) is 11.3 Å². The number of amides is 2. The van der Waals surface area contributed by atoms with Crippen LogP contribution in [0.2, 0.25) is 0 Å². The van der Waals surface area contributed by atoms with Crippen LogP contribution in [0.5, 0.6) is 5.75 Å². The zero-order valence-electron chi connectivity index (χ0n) is 19.6. The first-order chi connectivity index (χ1) is 17.5. The fourth-order valence-corrected chi connectivity index (χ4v) is 4.39. The van der Waals surface area contributed by atoms with Crippen molar-refractivity contribution in [3.8, 4) is 5.75 Å². The van der Waals surface area contributed by atoms with Gasteiger partial charge in [-0.25, -0.2) is 9.78 Å². The minimum absolute atomic E-state index is 0.222. The Morgan fingerprint density at radius 1 is 0.972 bits per heavy atom. The molecule has 0 fully saturated rings. The molecule has 0 aliphatic rings. The summed E-state index contributed by atoms with van der Waals surface area (Å²) in [5.41, 5.74) is 1.99. The smallest absolute Gasteiger partial charge is 0.329 e. The molecule has 4 aromatic rings. The highest BCUT2D eigenvalue weighted by atomic mass is 32.1. The first-order valence-corrected chi connectivity index (χ1v) is 12.2. The maximum atomic E-state index is 12.9. The average Bonchev–Trinajstić information content (AvgIpc) is 3.29. The maximum Gasteiger partial charge on any atom is 0.329 e. The zero-order chi connectivity index (χ0) is 25.3. The minimum Gasteiger partial charge on any atom is -0.494 e. The van der Waals surface area contributed by atoms with Gasteiger partial charge in [0.25, 0.3) is 11.8 Å². The minimum atomic E-state index is -0.965. The Hall–Kier alpha value is -4.24. The number of nitrogens with zero attached hydrogens (tertiary/aromatic N) is 1. The Bertz CT molecular complexity index is 1340. The number of thiazole rings is 1. The van der Waals surface area contributed by atoms with Gasteiger partial charge in [0.15, 0.2) is 11.7 Å². The summed E-state index contributed by atoms with van der Waals surface area (Å²) in [6, 6.07) is 22.4. The van der Waals surface area contributed by atoms with Crippen LogP contribution in [0.25, 0.3) is 10.2 Å². The van der Waals surface area contributed by atoms with Crippen LogP contribution in [-0.4, -0.2) is 42.0 Å². The summed E-state index contributed by atoms with van der Waals surface area (Å²) in [6.07, 6.45) is 0.222. The molecule has 1 heterocycles. The molecule has 1 unspecified atom stereocenters. The number of nitrogens with one attached hydrogen (secondary N) is 2. The Balaban J connectivity index is 1.38. The number of fused-ring (bicyclic) bond motifs is 1. The van der Waals surface area contributed by atoms with Gasteiger partial charge in [-0.05, 0) is 42.8 Å². The molecule has 3 aromatic carbocycles. The van der Waals surface area contributed by atoms with Crippen molar-refractivity contribution in [3.63, 3.8) is 0 Å². The molecule has 9 heteroatoms. The molecule has 0 aliphatic carbocycles. The third-order valence-corrected chi connectivity index (χ3v) is 6.10. The Morgan fingerprint density at radius 2 is 1.69 bits per heavy atom. The lowest BCUT2D eigenvalue weighted by atomic mass is 10.1. The van der Waals surface area contributed by atoms with E-state index in [1.807, 2.05) is 55.5 Å². The van der Waals surface area contributed by atoms with E-state index in [-0.39, 0.29) is 6.42 Å². The van der Waals surface area contributed by atoms with Gasteiger partial charge in [-0.3, -0.25) is 14.9 Å². The highest BCUT2D eigenvalue weighted by molar-refractivity contribution is 7.22. The number of carbonyl (C=O) groups is 3. The molecule has 0 saturated carbocycles. The number of benzene rings is 3. The van der Waals surface area contributed by atoms with Crippen LogP contribution < -0.4 is 15.4 Å². The summed E-state index contributed by atoms with van der Waals surface area (Å²) in [6.45, 7) is 1.95. The van der Waals surface area contributed by atoms with Crippen molar-refractivity contribution in [1.82, 2.24) is 10.3 Å². The highest BCUT2D eigenvalue weighted by Gasteiger charge is 2.24. The third-order valence-electron chi connectivity index (χ3n) is 5.17. The first kappa shape index (κ1) is 24.9. The number of esters is 1. The van der Waals surface area contributed by atoms with Crippen LogP contribution in [0.1, 0.15) is 22.8 Å². The number of rotatable bonds is 10. The monoisotopic (exact) mass is 503 g/mol. The van der Waals surface area contributed by atoms with E-state index in [4.69, 9.17) is 9.47 Å². The van der Waals surface area contributed by atoms with Crippen LogP contribution in [0.15, 0.2) is 78.9 Å². The van der Waals surface area contributed by atoms with Gasteiger partial charge in [0.2, 0.25) is 0 Å². The van der Waals surface area contributed by atoms with E-state index in [9.17, 15) is 14.4 Å². The fourth-order valence-electron chi connectivity index (χ4n) is 3.48. The second kappa shape index (κ2) is 11.9. The Kier molecular flexibility index (Phi) is 8.25. The van der Waals surface area contributed by atoms with Crippen LogP contribution in [0.4, 0.5) is 5.13 Å². The number of carbonyl (C=O) groups excluding carboxylic acids is 3. The molecule has 8 nitrogen and oxygen atoms in total. The molecule has 0 saturated heterocycles. The number of ether oxygens (including phenoxy) is 2.